The van der Waals surface area contributed by atoms with Crippen molar-refractivity contribution in [2.75, 3.05) is 6.26 Å². The molecule has 0 unspecified atom stereocenters. The summed E-state index contributed by atoms with van der Waals surface area (Å²) in [6, 6.07) is 7.76. The molecular weight excluding hydrogens is 224 g/mol. The van der Waals surface area contributed by atoms with Gasteiger partial charge in [-0.15, -0.1) is 11.8 Å². The van der Waals surface area contributed by atoms with Gasteiger partial charge in [-0.25, -0.2) is 0 Å². The highest BCUT2D eigenvalue weighted by molar-refractivity contribution is 7.98. The third kappa shape index (κ3) is 2.14. The van der Waals surface area contributed by atoms with Gasteiger partial charge in [0.25, 0.3) is 5.89 Å². The molecule has 0 bridgehead atoms. The van der Waals surface area contributed by atoms with E-state index in [4.69, 9.17) is 4.52 Å². The zero-order chi connectivity index (χ0) is 11.5. The number of benzene rings is 1. The van der Waals surface area contributed by atoms with Gasteiger partial charge >= 0.3 is 0 Å². The topological polar surface area (TPSA) is 56.0 Å². The SMILES string of the molecule is CSc1ccc(-c2noc(C(C)=O)n2)cc1. The molecule has 2 rings (SSSR count). The number of hydrogen-bond donors (Lipinski definition) is 0. The minimum Gasteiger partial charge on any atom is -0.330 e. The monoisotopic (exact) mass is 234 g/mol. The predicted molar refractivity (Wildman–Crippen MR) is 61.5 cm³/mol. The van der Waals surface area contributed by atoms with Gasteiger partial charge in [0.2, 0.25) is 11.6 Å². The smallest absolute Gasteiger partial charge is 0.294 e. The van der Waals surface area contributed by atoms with Gasteiger partial charge in [-0.05, 0) is 30.5 Å². The Morgan fingerprint density at radius 3 is 2.50 bits per heavy atom. The summed E-state index contributed by atoms with van der Waals surface area (Å²) in [4.78, 5) is 16.2. The molecule has 0 spiro atoms. The van der Waals surface area contributed by atoms with Crippen LogP contribution in [0.2, 0.25) is 0 Å². The van der Waals surface area contributed by atoms with Gasteiger partial charge in [0.1, 0.15) is 0 Å². The summed E-state index contributed by atoms with van der Waals surface area (Å²) in [7, 11) is 0. The summed E-state index contributed by atoms with van der Waals surface area (Å²) < 4.78 is 4.82. The molecule has 16 heavy (non-hydrogen) atoms. The first-order chi connectivity index (χ1) is 7.70. The van der Waals surface area contributed by atoms with Crippen LogP contribution in [-0.2, 0) is 0 Å². The Morgan fingerprint density at radius 2 is 2.00 bits per heavy atom. The fourth-order valence-electron chi connectivity index (χ4n) is 1.22. The van der Waals surface area contributed by atoms with Crippen LogP contribution in [0.25, 0.3) is 11.4 Å². The minimum atomic E-state index is -0.223. The second kappa shape index (κ2) is 4.49. The van der Waals surface area contributed by atoms with Crippen LogP contribution in [0.3, 0.4) is 0 Å². The maximum atomic E-state index is 11.0. The summed E-state index contributed by atoms with van der Waals surface area (Å²) in [6.07, 6.45) is 2.01. The molecule has 0 N–H and O–H groups in total. The van der Waals surface area contributed by atoms with Crippen LogP contribution in [0.5, 0.6) is 0 Å². The zero-order valence-corrected chi connectivity index (χ0v) is 9.75. The second-order valence-corrected chi connectivity index (χ2v) is 4.09. The number of Topliss-reactive ketones (excluding diaryl/α,β-unsaturated/α-hetero) is 1. The van der Waals surface area contributed by atoms with Crippen molar-refractivity contribution in [2.45, 2.75) is 11.8 Å². The number of rotatable bonds is 3. The van der Waals surface area contributed by atoms with Gasteiger partial charge in [0, 0.05) is 17.4 Å². The van der Waals surface area contributed by atoms with E-state index in [0.29, 0.717) is 5.82 Å². The molecule has 2 aromatic rings. The quantitative estimate of drug-likeness (QED) is 0.603. The Balaban J connectivity index is 2.31. The molecule has 1 aromatic heterocycles. The van der Waals surface area contributed by atoms with Crippen molar-refractivity contribution in [3.05, 3.63) is 30.2 Å². The summed E-state index contributed by atoms with van der Waals surface area (Å²) >= 11 is 1.66. The number of ketones is 1. The molecule has 4 nitrogen and oxygen atoms in total. The Labute approximate surface area is 97.1 Å². The Hall–Kier alpha value is -1.62. The molecule has 1 aromatic carbocycles. The van der Waals surface area contributed by atoms with Crippen molar-refractivity contribution < 1.29 is 9.32 Å². The third-order valence-electron chi connectivity index (χ3n) is 2.08. The Morgan fingerprint density at radius 1 is 1.31 bits per heavy atom. The van der Waals surface area contributed by atoms with Gasteiger partial charge < -0.3 is 4.52 Å². The number of carbonyl (C=O) groups is 1. The maximum absolute atomic E-state index is 11.0. The van der Waals surface area contributed by atoms with Crippen LogP contribution in [0.1, 0.15) is 17.6 Å². The van der Waals surface area contributed by atoms with Crippen molar-refractivity contribution >= 4 is 17.5 Å². The number of thioether (sulfide) groups is 1. The lowest BCUT2D eigenvalue weighted by Gasteiger charge is -1.96. The minimum absolute atomic E-state index is 0.0453. The lowest BCUT2D eigenvalue weighted by Crippen LogP contribution is -1.91. The number of carbonyl (C=O) groups excluding carboxylic acids is 1. The summed E-state index contributed by atoms with van der Waals surface area (Å²) in [5, 5.41) is 3.75. The first-order valence-corrected chi connectivity index (χ1v) is 5.92. The van der Waals surface area contributed by atoms with E-state index < -0.39 is 0 Å². The first kappa shape index (κ1) is 10.9. The van der Waals surface area contributed by atoms with Crippen molar-refractivity contribution in [3.63, 3.8) is 0 Å². The van der Waals surface area contributed by atoms with Crippen LogP contribution in [0.4, 0.5) is 0 Å². The lowest BCUT2D eigenvalue weighted by atomic mass is 10.2. The van der Waals surface area contributed by atoms with E-state index in [0.717, 1.165) is 5.56 Å². The highest BCUT2D eigenvalue weighted by atomic mass is 32.2. The van der Waals surface area contributed by atoms with Crippen LogP contribution in [0, 0.1) is 0 Å². The average Bonchev–Trinajstić information content (AvgIpc) is 2.78. The third-order valence-corrected chi connectivity index (χ3v) is 2.82. The van der Waals surface area contributed by atoms with Gasteiger partial charge in [0.05, 0.1) is 0 Å². The fraction of sp³-hybridized carbons (Fsp3) is 0.182. The molecule has 0 saturated carbocycles. The van der Waals surface area contributed by atoms with Crippen LogP contribution in [-0.4, -0.2) is 22.2 Å². The molecule has 0 fully saturated rings. The van der Waals surface area contributed by atoms with E-state index in [-0.39, 0.29) is 11.7 Å². The molecule has 0 radical (unpaired) electrons. The first-order valence-electron chi connectivity index (χ1n) is 4.70. The molecule has 1 heterocycles. The van der Waals surface area contributed by atoms with Crippen LogP contribution >= 0.6 is 11.8 Å². The standard InChI is InChI=1S/C11H10N2O2S/c1-7(14)11-12-10(13-15-11)8-3-5-9(16-2)6-4-8/h3-6H,1-2H3. The van der Waals surface area contributed by atoms with Gasteiger partial charge in [-0.3, -0.25) is 4.79 Å². The molecule has 82 valence electrons. The molecule has 0 amide bonds. The number of aromatic nitrogens is 2. The second-order valence-electron chi connectivity index (χ2n) is 3.21. The largest absolute Gasteiger partial charge is 0.330 e. The molecule has 0 atom stereocenters. The number of hydrogen-bond acceptors (Lipinski definition) is 5. The van der Waals surface area contributed by atoms with Gasteiger partial charge in [0.15, 0.2) is 0 Å². The summed E-state index contributed by atoms with van der Waals surface area (Å²) in [6.45, 7) is 1.40. The molecule has 0 aliphatic heterocycles. The molecular formula is C11H10N2O2S. The Bertz CT molecular complexity index is 505. The summed E-state index contributed by atoms with van der Waals surface area (Å²) in [5.74, 6) is 0.265. The van der Waals surface area contributed by atoms with Crippen molar-refractivity contribution in [1.29, 1.82) is 0 Å². The predicted octanol–water partition coefficient (Wildman–Crippen LogP) is 2.66. The van der Waals surface area contributed by atoms with E-state index >= 15 is 0 Å². The van der Waals surface area contributed by atoms with Crippen LogP contribution < -0.4 is 0 Å². The van der Waals surface area contributed by atoms with Gasteiger partial charge in [-0.1, -0.05) is 5.16 Å². The van der Waals surface area contributed by atoms with Crippen molar-refractivity contribution in [3.8, 4) is 11.4 Å². The number of nitrogens with zero attached hydrogens (tertiary/aromatic N) is 2. The van der Waals surface area contributed by atoms with E-state index in [1.54, 1.807) is 11.8 Å². The molecule has 0 saturated heterocycles. The Kier molecular flexibility index (Phi) is 3.05. The average molecular weight is 234 g/mol. The van der Waals surface area contributed by atoms with Crippen LogP contribution in [0.15, 0.2) is 33.7 Å². The zero-order valence-electron chi connectivity index (χ0n) is 8.93. The fourth-order valence-corrected chi connectivity index (χ4v) is 1.63. The van der Waals surface area contributed by atoms with Gasteiger partial charge in [-0.2, -0.15) is 4.98 Å². The van der Waals surface area contributed by atoms with E-state index in [1.165, 1.54) is 11.8 Å². The highest BCUT2D eigenvalue weighted by Crippen LogP contribution is 2.20. The maximum Gasteiger partial charge on any atom is 0.294 e. The van der Waals surface area contributed by atoms with E-state index in [2.05, 4.69) is 10.1 Å². The lowest BCUT2D eigenvalue weighted by molar-refractivity contribution is 0.0972. The van der Waals surface area contributed by atoms with E-state index in [9.17, 15) is 4.79 Å². The summed E-state index contributed by atoms with van der Waals surface area (Å²) in [5.41, 5.74) is 0.842. The van der Waals surface area contributed by atoms with E-state index in [1.807, 2.05) is 30.5 Å². The normalized spacial score (nSPS) is 10.4. The van der Waals surface area contributed by atoms with Crippen molar-refractivity contribution in [1.82, 2.24) is 10.1 Å². The molecule has 0 aliphatic carbocycles. The highest BCUT2D eigenvalue weighted by Gasteiger charge is 2.11. The molecule has 5 heteroatoms. The van der Waals surface area contributed by atoms with Crippen molar-refractivity contribution in [2.24, 2.45) is 0 Å². The molecule has 0 aliphatic rings.